The van der Waals surface area contributed by atoms with Crippen molar-refractivity contribution in [3.05, 3.63) is 86.9 Å². The predicted molar refractivity (Wildman–Crippen MR) is 121 cm³/mol. The van der Waals surface area contributed by atoms with Crippen LogP contribution >= 0.6 is 11.6 Å². The van der Waals surface area contributed by atoms with Gasteiger partial charge in [0.2, 0.25) is 0 Å². The van der Waals surface area contributed by atoms with Crippen LogP contribution in [-0.2, 0) is 6.54 Å². The number of nitrogens with zero attached hydrogens (tertiary/aromatic N) is 5. The van der Waals surface area contributed by atoms with E-state index in [0.29, 0.717) is 54.5 Å². The first-order valence-corrected chi connectivity index (χ1v) is 10.9. The van der Waals surface area contributed by atoms with Crippen molar-refractivity contribution in [3.8, 4) is 0 Å². The van der Waals surface area contributed by atoms with Gasteiger partial charge in [0.15, 0.2) is 11.2 Å². The Morgan fingerprint density at radius 3 is 2.53 bits per heavy atom. The molecular weight excluding hydrogens is 428 g/mol. The predicted octanol–water partition coefficient (Wildman–Crippen LogP) is 3.24. The Morgan fingerprint density at radius 2 is 1.78 bits per heavy atom. The lowest BCUT2D eigenvalue weighted by molar-refractivity contribution is 0.0711. The van der Waals surface area contributed by atoms with Crippen molar-refractivity contribution < 1.29 is 4.79 Å². The highest BCUT2D eigenvalue weighted by atomic mass is 35.5. The number of benzene rings is 2. The zero-order valence-electron chi connectivity index (χ0n) is 17.2. The van der Waals surface area contributed by atoms with Gasteiger partial charge < -0.3 is 9.88 Å². The maximum Gasteiger partial charge on any atom is 0.281 e. The molecule has 3 heterocycles. The lowest BCUT2D eigenvalue weighted by Crippen LogP contribution is -2.38. The number of nitrogens with one attached hydrogen (secondary N) is 1. The second-order valence-electron chi connectivity index (χ2n) is 7.90. The van der Waals surface area contributed by atoms with E-state index in [0.717, 1.165) is 5.56 Å². The molecule has 32 heavy (non-hydrogen) atoms. The van der Waals surface area contributed by atoms with Crippen LogP contribution in [0.4, 0.5) is 0 Å². The largest absolute Gasteiger partial charge is 0.339 e. The molecule has 0 bridgehead atoms. The van der Waals surface area contributed by atoms with Crippen molar-refractivity contribution in [1.29, 1.82) is 0 Å². The van der Waals surface area contributed by atoms with E-state index in [4.69, 9.17) is 16.6 Å². The van der Waals surface area contributed by atoms with Crippen LogP contribution in [0.15, 0.2) is 59.4 Å². The van der Waals surface area contributed by atoms with Crippen molar-refractivity contribution in [2.45, 2.75) is 25.3 Å². The van der Waals surface area contributed by atoms with Crippen molar-refractivity contribution >= 4 is 28.7 Å². The lowest BCUT2D eigenvalue weighted by atomic mass is 9.95. The number of halogens is 1. The maximum absolute atomic E-state index is 12.8. The second-order valence-corrected chi connectivity index (χ2v) is 8.31. The molecule has 0 saturated carbocycles. The molecule has 0 spiro atoms. The fourth-order valence-corrected chi connectivity index (χ4v) is 4.32. The first-order valence-electron chi connectivity index (χ1n) is 10.5. The van der Waals surface area contributed by atoms with E-state index in [1.807, 2.05) is 36.4 Å². The average molecular weight is 449 g/mol. The summed E-state index contributed by atoms with van der Waals surface area (Å²) in [7, 11) is 0. The van der Waals surface area contributed by atoms with E-state index in [2.05, 4.69) is 15.3 Å². The van der Waals surface area contributed by atoms with E-state index in [-0.39, 0.29) is 22.9 Å². The number of aromatic amines is 1. The van der Waals surface area contributed by atoms with Gasteiger partial charge in [-0.05, 0) is 30.5 Å². The molecule has 5 rings (SSSR count). The average Bonchev–Trinajstić information content (AvgIpc) is 3.23. The van der Waals surface area contributed by atoms with Gasteiger partial charge in [0, 0.05) is 19.0 Å². The van der Waals surface area contributed by atoms with E-state index >= 15 is 0 Å². The van der Waals surface area contributed by atoms with Gasteiger partial charge in [-0.1, -0.05) is 59.3 Å². The summed E-state index contributed by atoms with van der Waals surface area (Å²) in [6.07, 6.45) is 1.40. The lowest BCUT2D eigenvalue weighted by Gasteiger charge is -2.31. The zero-order chi connectivity index (χ0) is 22.1. The topological polar surface area (TPSA) is 96.8 Å². The minimum atomic E-state index is -0.293. The summed E-state index contributed by atoms with van der Waals surface area (Å²) >= 11 is 6.19. The summed E-state index contributed by atoms with van der Waals surface area (Å²) in [6, 6.07) is 16.9. The zero-order valence-corrected chi connectivity index (χ0v) is 18.0. The number of amides is 1. The first kappa shape index (κ1) is 20.4. The van der Waals surface area contributed by atoms with Crippen molar-refractivity contribution in [2.75, 3.05) is 13.1 Å². The smallest absolute Gasteiger partial charge is 0.281 e. The summed E-state index contributed by atoms with van der Waals surface area (Å²) in [6.45, 7) is 1.62. The first-order chi connectivity index (χ1) is 15.6. The normalized spacial score (nSPS) is 14.7. The maximum atomic E-state index is 12.8. The van der Waals surface area contributed by atoms with Gasteiger partial charge in [0.25, 0.3) is 11.5 Å². The monoisotopic (exact) mass is 448 g/mol. The Kier molecular flexibility index (Phi) is 5.45. The molecule has 2 aromatic carbocycles. The molecule has 0 radical (unpaired) electrons. The van der Waals surface area contributed by atoms with Crippen LogP contribution in [-0.4, -0.2) is 48.9 Å². The summed E-state index contributed by atoms with van der Waals surface area (Å²) in [5, 5.41) is 8.61. The molecule has 1 amide bonds. The Balaban J connectivity index is 1.35. The molecule has 8 nitrogen and oxygen atoms in total. The molecule has 4 aromatic rings. The van der Waals surface area contributed by atoms with E-state index in [1.54, 1.807) is 27.8 Å². The molecule has 1 aliphatic heterocycles. The van der Waals surface area contributed by atoms with Crippen LogP contribution in [0, 0.1) is 0 Å². The molecule has 0 atom stereocenters. The fourth-order valence-electron chi connectivity index (χ4n) is 4.10. The quantitative estimate of drug-likeness (QED) is 0.517. The van der Waals surface area contributed by atoms with Crippen LogP contribution in [0.3, 0.4) is 0 Å². The van der Waals surface area contributed by atoms with E-state index < -0.39 is 0 Å². The molecule has 0 unspecified atom stereocenters. The van der Waals surface area contributed by atoms with Gasteiger partial charge in [-0.15, -0.1) is 5.10 Å². The Hall–Kier alpha value is -3.52. The van der Waals surface area contributed by atoms with Crippen molar-refractivity contribution in [3.63, 3.8) is 0 Å². The summed E-state index contributed by atoms with van der Waals surface area (Å²) in [5.41, 5.74) is 1.97. The van der Waals surface area contributed by atoms with E-state index in [1.165, 1.54) is 0 Å². The van der Waals surface area contributed by atoms with Crippen LogP contribution < -0.4 is 5.56 Å². The van der Waals surface area contributed by atoms with Crippen molar-refractivity contribution in [2.24, 2.45) is 0 Å². The summed E-state index contributed by atoms with van der Waals surface area (Å²) in [5.74, 6) is 0.586. The third-order valence-corrected chi connectivity index (χ3v) is 6.17. The molecule has 1 saturated heterocycles. The summed E-state index contributed by atoms with van der Waals surface area (Å²) in [4.78, 5) is 34.8. The highest BCUT2D eigenvalue weighted by Gasteiger charge is 2.27. The minimum Gasteiger partial charge on any atom is -0.339 e. The van der Waals surface area contributed by atoms with E-state index in [9.17, 15) is 9.59 Å². The molecular formula is C23H21ClN6O2. The number of fused-ring (bicyclic) bond motifs is 1. The number of carbonyl (C=O) groups excluding carboxylic acids is 1. The molecule has 0 aliphatic carbocycles. The van der Waals surface area contributed by atoms with Crippen LogP contribution in [0.5, 0.6) is 0 Å². The van der Waals surface area contributed by atoms with Gasteiger partial charge in [0.05, 0.1) is 17.1 Å². The van der Waals surface area contributed by atoms with Gasteiger partial charge >= 0.3 is 0 Å². The number of likely N-dealkylation sites (tertiary alicyclic amines) is 1. The highest BCUT2D eigenvalue weighted by molar-refractivity contribution is 6.33. The van der Waals surface area contributed by atoms with Crippen molar-refractivity contribution in [1.82, 2.24) is 29.9 Å². The van der Waals surface area contributed by atoms with Crippen LogP contribution in [0.1, 0.15) is 40.5 Å². The number of H-pyrrole nitrogens is 1. The number of aromatic nitrogens is 5. The Morgan fingerprint density at radius 1 is 1.06 bits per heavy atom. The summed E-state index contributed by atoms with van der Waals surface area (Å²) < 4.78 is 1.65. The number of carbonyl (C=O) groups is 1. The van der Waals surface area contributed by atoms with Crippen LogP contribution in [0.2, 0.25) is 5.02 Å². The fraction of sp³-hybridized carbons (Fsp3) is 0.261. The van der Waals surface area contributed by atoms with Gasteiger partial charge in [0.1, 0.15) is 5.82 Å². The SMILES string of the molecule is O=C(c1ccccc1Cl)N1CCC(c2nc3c(nnn3Cc3ccccc3)c(=O)[nH]2)CC1. The minimum absolute atomic E-state index is 0.0440. The molecule has 2 aromatic heterocycles. The van der Waals surface area contributed by atoms with Gasteiger partial charge in [-0.25, -0.2) is 9.67 Å². The molecule has 162 valence electrons. The Labute approximate surface area is 188 Å². The standard InChI is InChI=1S/C23H21ClN6O2/c24-18-9-5-4-8-17(18)23(32)29-12-10-16(11-13-29)20-25-21-19(22(31)26-20)27-28-30(21)14-15-6-2-1-3-7-15/h1-9,16H,10-14H2,(H,25,26,31). The number of rotatable bonds is 4. The molecule has 1 N–H and O–H groups in total. The Bertz CT molecular complexity index is 1330. The van der Waals surface area contributed by atoms with Crippen LogP contribution in [0.25, 0.3) is 11.2 Å². The highest BCUT2D eigenvalue weighted by Crippen LogP contribution is 2.27. The molecule has 1 fully saturated rings. The third-order valence-electron chi connectivity index (χ3n) is 5.84. The third kappa shape index (κ3) is 3.89. The number of piperidine rings is 1. The molecule has 9 heteroatoms. The number of hydrogen-bond donors (Lipinski definition) is 1. The van der Waals surface area contributed by atoms with Gasteiger partial charge in [-0.2, -0.15) is 0 Å². The second kappa shape index (κ2) is 8.55. The van der Waals surface area contributed by atoms with Gasteiger partial charge in [-0.3, -0.25) is 9.59 Å². The molecule has 1 aliphatic rings. The number of hydrogen-bond acceptors (Lipinski definition) is 5.